The van der Waals surface area contributed by atoms with Crippen LogP contribution in [-0.2, 0) is 11.2 Å². The molecule has 1 rings (SSSR count). The van der Waals surface area contributed by atoms with Crippen molar-refractivity contribution < 1.29 is 9.18 Å². The van der Waals surface area contributed by atoms with Crippen LogP contribution in [0.5, 0.6) is 0 Å². The SMILES string of the molecule is CC/C=C/C(=O)Cc1cc(F)cc(Br)c1. The second-order valence-corrected chi connectivity index (χ2v) is 4.15. The highest BCUT2D eigenvalue weighted by Crippen LogP contribution is 2.15. The summed E-state index contributed by atoms with van der Waals surface area (Å²) in [6.07, 6.45) is 4.42. The lowest BCUT2D eigenvalue weighted by molar-refractivity contribution is -0.114. The fourth-order valence-corrected chi connectivity index (χ4v) is 1.74. The van der Waals surface area contributed by atoms with Gasteiger partial charge in [0.25, 0.3) is 0 Å². The summed E-state index contributed by atoms with van der Waals surface area (Å²) in [6.45, 7) is 1.96. The lowest BCUT2D eigenvalue weighted by atomic mass is 10.1. The third kappa shape index (κ3) is 4.38. The van der Waals surface area contributed by atoms with Gasteiger partial charge in [-0.2, -0.15) is 0 Å². The molecule has 0 saturated carbocycles. The second-order valence-electron chi connectivity index (χ2n) is 3.23. The Kier molecular flexibility index (Phi) is 4.69. The molecule has 0 aromatic heterocycles. The molecule has 0 unspecified atom stereocenters. The zero-order valence-electron chi connectivity index (χ0n) is 8.47. The van der Waals surface area contributed by atoms with Gasteiger partial charge in [-0.05, 0) is 36.3 Å². The largest absolute Gasteiger partial charge is 0.294 e. The molecule has 15 heavy (non-hydrogen) atoms. The normalized spacial score (nSPS) is 10.9. The number of carbonyl (C=O) groups is 1. The summed E-state index contributed by atoms with van der Waals surface area (Å²) >= 11 is 3.19. The van der Waals surface area contributed by atoms with Crippen LogP contribution >= 0.6 is 15.9 Å². The van der Waals surface area contributed by atoms with E-state index in [-0.39, 0.29) is 18.0 Å². The molecular formula is C12H12BrFO. The Bertz CT molecular complexity index is 365. The monoisotopic (exact) mass is 270 g/mol. The molecule has 0 aliphatic rings. The number of ketones is 1. The van der Waals surface area contributed by atoms with E-state index < -0.39 is 0 Å². The number of hydrogen-bond donors (Lipinski definition) is 0. The van der Waals surface area contributed by atoms with Gasteiger partial charge in [-0.3, -0.25) is 4.79 Å². The van der Waals surface area contributed by atoms with E-state index in [0.717, 1.165) is 6.42 Å². The summed E-state index contributed by atoms with van der Waals surface area (Å²) in [5, 5.41) is 0. The molecule has 3 heteroatoms. The van der Waals surface area contributed by atoms with Crippen LogP contribution in [0.25, 0.3) is 0 Å². The fourth-order valence-electron chi connectivity index (χ4n) is 1.22. The first-order valence-corrected chi connectivity index (χ1v) is 5.55. The van der Waals surface area contributed by atoms with Crippen LogP contribution in [0, 0.1) is 5.82 Å². The van der Waals surface area contributed by atoms with Crippen LogP contribution in [0.3, 0.4) is 0 Å². The van der Waals surface area contributed by atoms with Crippen molar-refractivity contribution in [3.05, 3.63) is 46.2 Å². The van der Waals surface area contributed by atoms with Crippen LogP contribution in [-0.4, -0.2) is 5.78 Å². The number of allylic oxidation sites excluding steroid dienone is 2. The standard InChI is InChI=1S/C12H12BrFO/c1-2-3-4-12(15)7-9-5-10(13)8-11(14)6-9/h3-6,8H,2,7H2,1H3/b4-3+. The maximum atomic E-state index is 13.0. The number of halogens is 2. The third-order valence-electron chi connectivity index (χ3n) is 1.84. The van der Waals surface area contributed by atoms with Gasteiger partial charge in [-0.1, -0.05) is 28.9 Å². The third-order valence-corrected chi connectivity index (χ3v) is 2.30. The summed E-state index contributed by atoms with van der Waals surface area (Å²) < 4.78 is 13.6. The summed E-state index contributed by atoms with van der Waals surface area (Å²) in [6, 6.07) is 4.50. The van der Waals surface area contributed by atoms with E-state index in [2.05, 4.69) is 15.9 Å². The maximum absolute atomic E-state index is 13.0. The van der Waals surface area contributed by atoms with Gasteiger partial charge in [0, 0.05) is 10.9 Å². The molecular weight excluding hydrogens is 259 g/mol. The van der Waals surface area contributed by atoms with Crippen molar-refractivity contribution in [1.29, 1.82) is 0 Å². The maximum Gasteiger partial charge on any atom is 0.159 e. The van der Waals surface area contributed by atoms with E-state index >= 15 is 0 Å². The summed E-state index contributed by atoms with van der Waals surface area (Å²) in [7, 11) is 0. The molecule has 0 fully saturated rings. The van der Waals surface area contributed by atoms with E-state index in [1.54, 1.807) is 18.2 Å². The quantitative estimate of drug-likeness (QED) is 0.764. The van der Waals surface area contributed by atoms with Crippen LogP contribution in [0.2, 0.25) is 0 Å². The Labute approximate surface area is 97.1 Å². The minimum atomic E-state index is -0.327. The molecule has 0 aliphatic heterocycles. The van der Waals surface area contributed by atoms with Crippen molar-refractivity contribution in [3.8, 4) is 0 Å². The molecule has 1 nitrogen and oxygen atoms in total. The van der Waals surface area contributed by atoms with Crippen molar-refractivity contribution in [3.63, 3.8) is 0 Å². The fraction of sp³-hybridized carbons (Fsp3) is 0.250. The van der Waals surface area contributed by atoms with Crippen molar-refractivity contribution in [2.75, 3.05) is 0 Å². The van der Waals surface area contributed by atoms with Gasteiger partial charge < -0.3 is 0 Å². The number of rotatable bonds is 4. The van der Waals surface area contributed by atoms with Crippen LogP contribution in [0.4, 0.5) is 4.39 Å². The van der Waals surface area contributed by atoms with Gasteiger partial charge in [-0.25, -0.2) is 4.39 Å². The minimum absolute atomic E-state index is 0.00523. The number of carbonyl (C=O) groups excluding carboxylic acids is 1. The Morgan fingerprint density at radius 2 is 2.20 bits per heavy atom. The molecule has 0 saturated heterocycles. The summed E-state index contributed by atoms with van der Waals surface area (Å²) in [4.78, 5) is 11.4. The average Bonchev–Trinajstić information content (AvgIpc) is 2.13. The Morgan fingerprint density at radius 3 is 2.80 bits per heavy atom. The first-order chi connectivity index (χ1) is 7.11. The van der Waals surface area contributed by atoms with Gasteiger partial charge in [0.15, 0.2) is 5.78 Å². The molecule has 0 bridgehead atoms. The zero-order valence-corrected chi connectivity index (χ0v) is 10.1. The predicted octanol–water partition coefficient (Wildman–Crippen LogP) is 3.67. The molecule has 0 radical (unpaired) electrons. The van der Waals surface area contributed by atoms with Gasteiger partial charge in [0.05, 0.1) is 0 Å². The van der Waals surface area contributed by atoms with Crippen molar-refractivity contribution in [2.45, 2.75) is 19.8 Å². The lowest BCUT2D eigenvalue weighted by Crippen LogP contribution is -1.98. The van der Waals surface area contributed by atoms with Crippen molar-refractivity contribution in [2.24, 2.45) is 0 Å². The number of hydrogen-bond acceptors (Lipinski definition) is 1. The van der Waals surface area contributed by atoms with Crippen LogP contribution < -0.4 is 0 Å². The van der Waals surface area contributed by atoms with Gasteiger partial charge in [0.1, 0.15) is 5.82 Å². The average molecular weight is 271 g/mol. The van der Waals surface area contributed by atoms with Crippen molar-refractivity contribution >= 4 is 21.7 Å². The van der Waals surface area contributed by atoms with Gasteiger partial charge >= 0.3 is 0 Å². The topological polar surface area (TPSA) is 17.1 Å². The zero-order chi connectivity index (χ0) is 11.3. The molecule has 0 amide bonds. The highest BCUT2D eigenvalue weighted by atomic mass is 79.9. The molecule has 0 spiro atoms. The molecule has 1 aromatic rings. The van der Waals surface area contributed by atoms with Gasteiger partial charge in [-0.15, -0.1) is 0 Å². The summed E-state index contributed by atoms with van der Waals surface area (Å²) in [5.74, 6) is -0.332. The first-order valence-electron chi connectivity index (χ1n) is 4.76. The molecule has 0 aliphatic carbocycles. The van der Waals surface area contributed by atoms with E-state index in [4.69, 9.17) is 0 Å². The molecule has 80 valence electrons. The molecule has 0 heterocycles. The Balaban J connectivity index is 2.72. The smallest absolute Gasteiger partial charge is 0.159 e. The molecule has 0 N–H and O–H groups in total. The Morgan fingerprint density at radius 1 is 1.47 bits per heavy atom. The Hall–Kier alpha value is -0.960. The van der Waals surface area contributed by atoms with E-state index in [9.17, 15) is 9.18 Å². The summed E-state index contributed by atoms with van der Waals surface area (Å²) in [5.41, 5.74) is 0.688. The van der Waals surface area contributed by atoms with E-state index in [1.165, 1.54) is 12.1 Å². The van der Waals surface area contributed by atoms with Crippen LogP contribution in [0.15, 0.2) is 34.8 Å². The second kappa shape index (κ2) is 5.81. The van der Waals surface area contributed by atoms with E-state index in [0.29, 0.717) is 10.0 Å². The highest BCUT2D eigenvalue weighted by Gasteiger charge is 2.02. The number of benzene rings is 1. The lowest BCUT2D eigenvalue weighted by Gasteiger charge is -1.99. The van der Waals surface area contributed by atoms with Crippen LogP contribution in [0.1, 0.15) is 18.9 Å². The predicted molar refractivity (Wildman–Crippen MR) is 62.2 cm³/mol. The molecule has 0 atom stereocenters. The first kappa shape index (κ1) is 12.1. The van der Waals surface area contributed by atoms with Crippen molar-refractivity contribution in [1.82, 2.24) is 0 Å². The van der Waals surface area contributed by atoms with E-state index in [1.807, 2.05) is 6.92 Å². The minimum Gasteiger partial charge on any atom is -0.294 e. The highest BCUT2D eigenvalue weighted by molar-refractivity contribution is 9.10. The molecule has 1 aromatic carbocycles. The van der Waals surface area contributed by atoms with Gasteiger partial charge in [0.2, 0.25) is 0 Å².